The SMILES string of the molecule is CCC#CC(=O)C(F)(F)F. The summed E-state index contributed by atoms with van der Waals surface area (Å²) in [6, 6.07) is 0. The van der Waals surface area contributed by atoms with Crippen LogP contribution in [0.5, 0.6) is 0 Å². The Bertz CT molecular complexity index is 181. The summed E-state index contributed by atoms with van der Waals surface area (Å²) >= 11 is 0. The normalized spacial score (nSPS) is 10.0. The van der Waals surface area contributed by atoms with Crippen LogP contribution >= 0.6 is 0 Å². The first-order valence-corrected chi connectivity index (χ1v) is 2.58. The van der Waals surface area contributed by atoms with E-state index in [0.29, 0.717) is 0 Å². The molecule has 0 spiro atoms. The van der Waals surface area contributed by atoms with E-state index in [0.717, 1.165) is 0 Å². The highest BCUT2D eigenvalue weighted by atomic mass is 19.4. The largest absolute Gasteiger partial charge is 0.462 e. The molecule has 0 saturated heterocycles. The highest BCUT2D eigenvalue weighted by molar-refractivity contribution is 5.99. The molecule has 56 valence electrons. The van der Waals surface area contributed by atoms with Crippen molar-refractivity contribution in [2.24, 2.45) is 0 Å². The van der Waals surface area contributed by atoms with Crippen LogP contribution in [0.25, 0.3) is 0 Å². The zero-order valence-corrected chi connectivity index (χ0v) is 5.25. The van der Waals surface area contributed by atoms with Crippen LogP contribution in [0.2, 0.25) is 0 Å². The van der Waals surface area contributed by atoms with Gasteiger partial charge >= 0.3 is 12.0 Å². The Labute approximate surface area is 56.2 Å². The first kappa shape index (κ1) is 9.02. The lowest BCUT2D eigenvalue weighted by molar-refractivity contribution is -0.164. The molecule has 10 heavy (non-hydrogen) atoms. The van der Waals surface area contributed by atoms with Crippen LogP contribution in [0.4, 0.5) is 13.2 Å². The van der Waals surface area contributed by atoms with E-state index in [4.69, 9.17) is 0 Å². The fraction of sp³-hybridized carbons (Fsp3) is 0.500. The molecule has 1 nitrogen and oxygen atoms in total. The maximum absolute atomic E-state index is 11.3. The van der Waals surface area contributed by atoms with E-state index >= 15 is 0 Å². The molecule has 0 aliphatic heterocycles. The molecule has 0 aliphatic carbocycles. The monoisotopic (exact) mass is 150 g/mol. The van der Waals surface area contributed by atoms with Gasteiger partial charge in [-0.3, -0.25) is 4.79 Å². The summed E-state index contributed by atoms with van der Waals surface area (Å²) in [7, 11) is 0. The minimum absolute atomic E-state index is 0.252. The van der Waals surface area contributed by atoms with Gasteiger partial charge < -0.3 is 0 Å². The van der Waals surface area contributed by atoms with Crippen molar-refractivity contribution in [1.82, 2.24) is 0 Å². The summed E-state index contributed by atoms with van der Waals surface area (Å²) in [5, 5.41) is 0. The number of hydrogen-bond acceptors (Lipinski definition) is 1. The van der Waals surface area contributed by atoms with Crippen molar-refractivity contribution in [3.63, 3.8) is 0 Å². The van der Waals surface area contributed by atoms with E-state index in [-0.39, 0.29) is 6.42 Å². The zero-order chi connectivity index (χ0) is 8.20. The molecule has 0 aliphatic rings. The summed E-state index contributed by atoms with van der Waals surface area (Å²) in [4.78, 5) is 9.92. The van der Waals surface area contributed by atoms with Gasteiger partial charge in [-0.25, -0.2) is 0 Å². The van der Waals surface area contributed by atoms with E-state index in [2.05, 4.69) is 0 Å². The summed E-state index contributed by atoms with van der Waals surface area (Å²) < 4.78 is 34.0. The second kappa shape index (κ2) is 3.25. The Morgan fingerprint density at radius 2 is 2.00 bits per heavy atom. The van der Waals surface area contributed by atoms with E-state index in [9.17, 15) is 18.0 Å². The zero-order valence-electron chi connectivity index (χ0n) is 5.25. The molecule has 0 bridgehead atoms. The van der Waals surface area contributed by atoms with Crippen LogP contribution in [0.1, 0.15) is 13.3 Å². The molecule has 0 amide bonds. The summed E-state index contributed by atoms with van der Waals surface area (Å²) in [6.45, 7) is 1.57. The van der Waals surface area contributed by atoms with E-state index in [1.54, 1.807) is 6.92 Å². The first-order valence-electron chi connectivity index (χ1n) is 2.58. The van der Waals surface area contributed by atoms with Crippen molar-refractivity contribution in [3.8, 4) is 11.8 Å². The molecule has 0 rings (SSSR count). The molecular formula is C6H5F3O. The molecule has 0 fully saturated rings. The number of ketones is 1. The molecule has 4 heteroatoms. The third kappa shape index (κ3) is 3.13. The third-order valence-corrected chi connectivity index (χ3v) is 0.636. The number of alkyl halides is 3. The van der Waals surface area contributed by atoms with Gasteiger partial charge in [0.15, 0.2) is 0 Å². The van der Waals surface area contributed by atoms with E-state index in [1.807, 2.05) is 5.92 Å². The minimum atomic E-state index is -4.80. The van der Waals surface area contributed by atoms with Crippen LogP contribution in [-0.2, 0) is 4.79 Å². The number of carbonyl (C=O) groups excluding carboxylic acids is 1. The van der Waals surface area contributed by atoms with E-state index < -0.39 is 12.0 Å². The minimum Gasteiger partial charge on any atom is -0.275 e. The number of carbonyl (C=O) groups is 1. The second-order valence-corrected chi connectivity index (χ2v) is 1.48. The average Bonchev–Trinajstić information content (AvgIpc) is 1.80. The molecule has 0 aromatic rings. The Hall–Kier alpha value is -0.980. The van der Waals surface area contributed by atoms with Crippen molar-refractivity contribution in [1.29, 1.82) is 0 Å². The Morgan fingerprint density at radius 1 is 1.50 bits per heavy atom. The van der Waals surface area contributed by atoms with Crippen molar-refractivity contribution in [2.75, 3.05) is 0 Å². The van der Waals surface area contributed by atoms with Gasteiger partial charge in [-0.1, -0.05) is 12.8 Å². The summed E-state index contributed by atoms with van der Waals surface area (Å²) in [5.41, 5.74) is 0. The van der Waals surface area contributed by atoms with Crippen molar-refractivity contribution >= 4 is 5.78 Å². The fourth-order valence-corrected chi connectivity index (χ4v) is 0.240. The van der Waals surface area contributed by atoms with Crippen LogP contribution in [-0.4, -0.2) is 12.0 Å². The third-order valence-electron chi connectivity index (χ3n) is 0.636. The molecular weight excluding hydrogens is 145 g/mol. The van der Waals surface area contributed by atoms with Crippen LogP contribution in [0, 0.1) is 11.8 Å². The predicted octanol–water partition coefficient (Wildman–Crippen LogP) is 1.53. The molecule has 0 saturated carbocycles. The highest BCUT2D eigenvalue weighted by Crippen LogP contribution is 2.14. The first-order chi connectivity index (χ1) is 4.48. The smallest absolute Gasteiger partial charge is 0.275 e. The number of Topliss-reactive ketones (excluding diaryl/α,β-unsaturated/α-hetero) is 1. The Morgan fingerprint density at radius 3 is 2.30 bits per heavy atom. The quantitative estimate of drug-likeness (QED) is 0.378. The molecule has 0 aromatic carbocycles. The van der Waals surface area contributed by atoms with Gasteiger partial charge in [-0.15, -0.1) is 0 Å². The lowest BCUT2D eigenvalue weighted by Crippen LogP contribution is -2.20. The van der Waals surface area contributed by atoms with Gasteiger partial charge in [0.05, 0.1) is 0 Å². The van der Waals surface area contributed by atoms with Crippen molar-refractivity contribution in [2.45, 2.75) is 19.5 Å². The van der Waals surface area contributed by atoms with Gasteiger partial charge in [0.25, 0.3) is 0 Å². The number of hydrogen-bond donors (Lipinski definition) is 0. The fourth-order valence-electron chi connectivity index (χ4n) is 0.240. The second-order valence-electron chi connectivity index (χ2n) is 1.48. The number of rotatable bonds is 0. The maximum atomic E-state index is 11.3. The summed E-state index contributed by atoms with van der Waals surface area (Å²) in [5.74, 6) is 1.52. The van der Waals surface area contributed by atoms with Crippen LogP contribution in [0.15, 0.2) is 0 Å². The van der Waals surface area contributed by atoms with Gasteiger partial charge in [0.1, 0.15) is 0 Å². The molecule has 0 N–H and O–H groups in total. The van der Waals surface area contributed by atoms with Gasteiger partial charge in [-0.2, -0.15) is 13.2 Å². The van der Waals surface area contributed by atoms with Crippen molar-refractivity contribution in [3.05, 3.63) is 0 Å². The number of halogens is 3. The van der Waals surface area contributed by atoms with Crippen LogP contribution in [0.3, 0.4) is 0 Å². The topological polar surface area (TPSA) is 17.1 Å². The average molecular weight is 150 g/mol. The van der Waals surface area contributed by atoms with Gasteiger partial charge in [0, 0.05) is 6.42 Å². The molecule has 0 atom stereocenters. The van der Waals surface area contributed by atoms with Gasteiger partial charge in [-0.05, 0) is 5.92 Å². The standard InChI is InChI=1S/C6H5F3O/c1-2-3-4-5(10)6(7,8)9/h2H2,1H3. The molecule has 0 radical (unpaired) electrons. The maximum Gasteiger partial charge on any atom is 0.462 e. The molecule has 0 heterocycles. The molecule has 0 unspecified atom stereocenters. The van der Waals surface area contributed by atoms with Crippen LogP contribution < -0.4 is 0 Å². The van der Waals surface area contributed by atoms with Crippen molar-refractivity contribution < 1.29 is 18.0 Å². The Kier molecular flexibility index (Phi) is 2.94. The lowest BCUT2D eigenvalue weighted by atomic mass is 10.3. The van der Waals surface area contributed by atoms with Gasteiger partial charge in [0.2, 0.25) is 0 Å². The Balaban J connectivity index is 4.12. The predicted molar refractivity (Wildman–Crippen MR) is 29.1 cm³/mol. The molecule has 0 aromatic heterocycles. The lowest BCUT2D eigenvalue weighted by Gasteiger charge is -1.95. The van der Waals surface area contributed by atoms with E-state index in [1.165, 1.54) is 5.92 Å². The highest BCUT2D eigenvalue weighted by Gasteiger charge is 2.36. The summed E-state index contributed by atoms with van der Waals surface area (Å²) in [6.07, 6.45) is -4.55.